The second-order valence-electron chi connectivity index (χ2n) is 3.92. The minimum atomic E-state index is -1.75. The van der Waals surface area contributed by atoms with Gasteiger partial charge in [-0.2, -0.15) is 0 Å². The topological polar surface area (TPSA) is 196 Å². The largest absolute Gasteiger partial charge is 0.481 e. The molecule has 0 aromatic carbocycles. The highest BCUT2D eigenvalue weighted by atomic mass is 16.4. The molecule has 0 aliphatic heterocycles. The number of hydrogen-bond donors (Lipinski definition) is 6. The first-order chi connectivity index (χ1) is 9.67. The average molecular weight is 305 g/mol. The molecule has 2 unspecified atom stereocenters. The van der Waals surface area contributed by atoms with Crippen LogP contribution in [0.25, 0.3) is 0 Å². The van der Waals surface area contributed by atoms with E-state index < -0.39 is 61.2 Å². The number of aliphatic carboxylic acids is 3. The van der Waals surface area contributed by atoms with Gasteiger partial charge in [-0.25, -0.2) is 4.79 Å². The zero-order chi connectivity index (χ0) is 16.6. The Morgan fingerprint density at radius 1 is 0.857 bits per heavy atom. The second-order valence-corrected chi connectivity index (χ2v) is 3.92. The number of amides is 2. The molecule has 0 saturated carbocycles. The van der Waals surface area contributed by atoms with Gasteiger partial charge in [-0.1, -0.05) is 0 Å². The fourth-order valence-electron chi connectivity index (χ4n) is 1.28. The maximum Gasteiger partial charge on any atom is 0.326 e. The molecule has 118 valence electrons. The zero-order valence-electron chi connectivity index (χ0n) is 10.7. The summed E-state index contributed by atoms with van der Waals surface area (Å²) in [6.07, 6.45) is -1.71. The lowest BCUT2D eigenvalue weighted by molar-refractivity contribution is -0.148. The normalized spacial score (nSPS) is 12.8. The third-order valence-corrected chi connectivity index (χ3v) is 2.21. The molecule has 2 atom stereocenters. The van der Waals surface area contributed by atoms with E-state index in [4.69, 9.17) is 21.1 Å². The first-order valence-corrected chi connectivity index (χ1v) is 5.63. The molecule has 0 spiro atoms. The molecular formula is C10H15N3O8. The second kappa shape index (κ2) is 8.47. The van der Waals surface area contributed by atoms with Crippen LogP contribution < -0.4 is 16.4 Å². The van der Waals surface area contributed by atoms with Gasteiger partial charge in [0.25, 0.3) is 0 Å². The predicted molar refractivity (Wildman–Crippen MR) is 65.1 cm³/mol. The van der Waals surface area contributed by atoms with E-state index in [2.05, 4.69) is 0 Å². The van der Waals surface area contributed by atoms with Crippen LogP contribution in [0.5, 0.6) is 0 Å². The van der Waals surface area contributed by atoms with E-state index >= 15 is 0 Å². The van der Waals surface area contributed by atoms with Crippen molar-refractivity contribution in [3.8, 4) is 0 Å². The number of carbonyl (C=O) groups is 5. The molecule has 0 aliphatic rings. The number of rotatable bonds is 9. The van der Waals surface area contributed by atoms with Crippen molar-refractivity contribution in [2.75, 3.05) is 6.54 Å². The Bertz CT molecular complexity index is 450. The van der Waals surface area contributed by atoms with E-state index in [-0.39, 0.29) is 0 Å². The molecule has 11 nitrogen and oxygen atoms in total. The standard InChI is InChI=1S/C10H15N3O8/c11-3-6(14)12-4(1-7(15)16)9(19)13-5(10(20)21)2-8(17)18/h4-5H,1-3,11H2,(H,12,14)(H,13,19)(H,15,16)(H,17,18)(H,20,21). The minimum absolute atomic E-state index is 0.499. The van der Waals surface area contributed by atoms with E-state index in [1.165, 1.54) is 0 Å². The summed E-state index contributed by atoms with van der Waals surface area (Å²) in [5.41, 5.74) is 5.00. The van der Waals surface area contributed by atoms with Crippen LogP contribution in [0, 0.1) is 0 Å². The van der Waals surface area contributed by atoms with Crippen LogP contribution in [0.4, 0.5) is 0 Å². The van der Waals surface area contributed by atoms with E-state index in [1.54, 1.807) is 0 Å². The van der Waals surface area contributed by atoms with Crippen molar-refractivity contribution in [3.63, 3.8) is 0 Å². The Balaban J connectivity index is 4.91. The van der Waals surface area contributed by atoms with Crippen molar-refractivity contribution in [3.05, 3.63) is 0 Å². The molecule has 0 aromatic heterocycles. The lowest BCUT2D eigenvalue weighted by atomic mass is 10.1. The molecule has 7 N–H and O–H groups in total. The highest BCUT2D eigenvalue weighted by Crippen LogP contribution is 1.98. The Labute approximate surface area is 118 Å². The lowest BCUT2D eigenvalue weighted by Gasteiger charge is -2.19. The summed E-state index contributed by atoms with van der Waals surface area (Å²) < 4.78 is 0. The number of carboxylic acid groups (broad SMARTS) is 3. The smallest absolute Gasteiger partial charge is 0.326 e. The van der Waals surface area contributed by atoms with Crippen molar-refractivity contribution >= 4 is 29.7 Å². The molecule has 0 saturated heterocycles. The summed E-state index contributed by atoms with van der Waals surface area (Å²) in [7, 11) is 0. The van der Waals surface area contributed by atoms with Crippen molar-refractivity contribution in [1.29, 1.82) is 0 Å². The molecule has 0 heterocycles. The van der Waals surface area contributed by atoms with Crippen molar-refractivity contribution in [2.45, 2.75) is 24.9 Å². The monoisotopic (exact) mass is 305 g/mol. The first kappa shape index (κ1) is 18.3. The predicted octanol–water partition coefficient (Wildman–Crippen LogP) is -3.05. The van der Waals surface area contributed by atoms with Crippen molar-refractivity contribution < 1.29 is 39.3 Å². The van der Waals surface area contributed by atoms with Crippen molar-refractivity contribution in [1.82, 2.24) is 10.6 Å². The Morgan fingerprint density at radius 2 is 1.33 bits per heavy atom. The van der Waals surface area contributed by atoms with Gasteiger partial charge in [-0.3, -0.25) is 19.2 Å². The van der Waals surface area contributed by atoms with Gasteiger partial charge in [0.05, 0.1) is 19.4 Å². The van der Waals surface area contributed by atoms with Crippen LogP contribution >= 0.6 is 0 Å². The molecule has 21 heavy (non-hydrogen) atoms. The van der Waals surface area contributed by atoms with Gasteiger partial charge in [0.2, 0.25) is 11.8 Å². The van der Waals surface area contributed by atoms with Crippen LogP contribution in [-0.2, 0) is 24.0 Å². The van der Waals surface area contributed by atoms with Crippen LogP contribution in [-0.4, -0.2) is 63.7 Å². The Hall–Kier alpha value is -2.69. The van der Waals surface area contributed by atoms with Gasteiger partial charge in [0.1, 0.15) is 12.1 Å². The molecule has 0 fully saturated rings. The summed E-state index contributed by atoms with van der Waals surface area (Å²) in [5.74, 6) is -6.44. The maximum absolute atomic E-state index is 11.7. The van der Waals surface area contributed by atoms with Gasteiger partial charge in [-0.05, 0) is 0 Å². The zero-order valence-corrected chi connectivity index (χ0v) is 10.7. The molecule has 0 bridgehead atoms. The fourth-order valence-corrected chi connectivity index (χ4v) is 1.28. The highest BCUT2D eigenvalue weighted by Gasteiger charge is 2.29. The summed E-state index contributed by atoms with van der Waals surface area (Å²) in [6.45, 7) is -0.499. The number of nitrogens with one attached hydrogen (secondary N) is 2. The number of hydrogen-bond acceptors (Lipinski definition) is 6. The summed E-state index contributed by atoms with van der Waals surface area (Å²) >= 11 is 0. The average Bonchev–Trinajstić information content (AvgIpc) is 2.35. The van der Waals surface area contributed by atoms with Gasteiger partial charge >= 0.3 is 17.9 Å². The number of carboxylic acids is 3. The molecule has 2 amide bonds. The Kier molecular flexibility index (Phi) is 7.39. The third-order valence-electron chi connectivity index (χ3n) is 2.21. The SMILES string of the molecule is NCC(=O)NC(CC(=O)O)C(=O)NC(CC(=O)O)C(=O)O. The molecule has 0 radical (unpaired) electrons. The maximum atomic E-state index is 11.7. The summed E-state index contributed by atoms with van der Waals surface area (Å²) in [6, 6.07) is -3.31. The van der Waals surface area contributed by atoms with E-state index in [1.807, 2.05) is 10.6 Å². The number of carbonyl (C=O) groups excluding carboxylic acids is 2. The van der Waals surface area contributed by atoms with Crippen molar-refractivity contribution in [2.24, 2.45) is 5.73 Å². The van der Waals surface area contributed by atoms with E-state index in [0.717, 1.165) is 0 Å². The van der Waals surface area contributed by atoms with Gasteiger partial charge in [0.15, 0.2) is 0 Å². The number of nitrogens with two attached hydrogens (primary N) is 1. The van der Waals surface area contributed by atoms with Crippen LogP contribution in [0.1, 0.15) is 12.8 Å². The van der Waals surface area contributed by atoms with Gasteiger partial charge in [0, 0.05) is 0 Å². The molecular weight excluding hydrogens is 290 g/mol. The van der Waals surface area contributed by atoms with Crippen LogP contribution in [0.2, 0.25) is 0 Å². The summed E-state index contributed by atoms with van der Waals surface area (Å²) in [4.78, 5) is 54.7. The quantitative estimate of drug-likeness (QED) is 0.256. The highest BCUT2D eigenvalue weighted by molar-refractivity contribution is 5.94. The van der Waals surface area contributed by atoms with Crippen LogP contribution in [0.3, 0.4) is 0 Å². The first-order valence-electron chi connectivity index (χ1n) is 5.63. The van der Waals surface area contributed by atoms with E-state index in [0.29, 0.717) is 0 Å². The molecule has 0 aliphatic carbocycles. The summed E-state index contributed by atoms with van der Waals surface area (Å²) in [5, 5.41) is 29.8. The van der Waals surface area contributed by atoms with Gasteiger partial charge < -0.3 is 31.7 Å². The van der Waals surface area contributed by atoms with Gasteiger partial charge in [-0.15, -0.1) is 0 Å². The van der Waals surface area contributed by atoms with E-state index in [9.17, 15) is 24.0 Å². The fraction of sp³-hybridized carbons (Fsp3) is 0.500. The van der Waals surface area contributed by atoms with Crippen LogP contribution in [0.15, 0.2) is 0 Å². The molecule has 0 rings (SSSR count). The molecule has 11 heteroatoms. The Morgan fingerprint density at radius 3 is 1.71 bits per heavy atom. The third kappa shape index (κ3) is 7.47. The molecule has 0 aromatic rings. The lowest BCUT2D eigenvalue weighted by Crippen LogP contribution is -2.53. The minimum Gasteiger partial charge on any atom is -0.481 e.